The van der Waals surface area contributed by atoms with Gasteiger partial charge in [-0.3, -0.25) is 4.79 Å². The summed E-state index contributed by atoms with van der Waals surface area (Å²) in [5, 5.41) is 0. The van der Waals surface area contributed by atoms with Crippen LogP contribution in [0.5, 0.6) is 0 Å². The first-order valence-corrected chi connectivity index (χ1v) is 8.06. The summed E-state index contributed by atoms with van der Waals surface area (Å²) in [6.45, 7) is 2.26. The molecule has 0 radical (unpaired) electrons. The zero-order valence-corrected chi connectivity index (χ0v) is 12.4. The molecule has 19 heavy (non-hydrogen) atoms. The summed E-state index contributed by atoms with van der Waals surface area (Å²) in [4.78, 5) is 14.8. The number of hydrogen-bond donors (Lipinski definition) is 0. The van der Waals surface area contributed by atoms with Crippen LogP contribution in [0, 0.1) is 0 Å². The van der Waals surface area contributed by atoms with Crippen molar-refractivity contribution in [2.75, 3.05) is 0 Å². The van der Waals surface area contributed by atoms with Crippen LogP contribution in [0.15, 0.2) is 4.99 Å². The molecule has 3 heteroatoms. The molecule has 0 aromatic carbocycles. The lowest BCUT2D eigenvalue weighted by atomic mass is 10.0. The molecule has 0 saturated carbocycles. The lowest BCUT2D eigenvalue weighted by Crippen LogP contribution is -2.15. The largest absolute Gasteiger partial charge is 0.470 e. The van der Waals surface area contributed by atoms with Crippen LogP contribution in [0.4, 0.5) is 0 Å². The van der Waals surface area contributed by atoms with E-state index in [0.29, 0.717) is 0 Å². The molecule has 1 heterocycles. The molecular weight excluding hydrogens is 238 g/mol. The number of unbranched alkanes of at least 4 members (excludes halogenated alkanes) is 10. The van der Waals surface area contributed by atoms with E-state index in [9.17, 15) is 4.79 Å². The van der Waals surface area contributed by atoms with E-state index in [1.54, 1.807) is 0 Å². The Morgan fingerprint density at radius 2 is 1.47 bits per heavy atom. The fourth-order valence-electron chi connectivity index (χ4n) is 2.48. The monoisotopic (exact) mass is 267 g/mol. The minimum Gasteiger partial charge on any atom is -0.470 e. The van der Waals surface area contributed by atoms with Crippen LogP contribution in [0.1, 0.15) is 84.0 Å². The van der Waals surface area contributed by atoms with E-state index in [0.717, 1.165) is 12.8 Å². The molecule has 0 aromatic heterocycles. The molecule has 110 valence electrons. The molecule has 1 unspecified atom stereocenters. The zero-order chi connectivity index (χ0) is 13.8. The topological polar surface area (TPSA) is 38.7 Å². The molecule has 1 aliphatic heterocycles. The number of nitrogens with zero attached hydrogens (tertiary/aromatic N) is 1. The minimum absolute atomic E-state index is 0.105. The first kappa shape index (κ1) is 16.2. The van der Waals surface area contributed by atoms with E-state index >= 15 is 0 Å². The molecule has 0 fully saturated rings. The number of amides is 1. The van der Waals surface area contributed by atoms with Crippen LogP contribution >= 0.6 is 0 Å². The Kier molecular flexibility index (Phi) is 9.38. The van der Waals surface area contributed by atoms with Gasteiger partial charge in [-0.2, -0.15) is 4.99 Å². The highest BCUT2D eigenvalue weighted by molar-refractivity contribution is 5.91. The van der Waals surface area contributed by atoms with Crippen LogP contribution in [0.25, 0.3) is 0 Å². The molecule has 3 nitrogen and oxygen atoms in total. The van der Waals surface area contributed by atoms with E-state index in [2.05, 4.69) is 11.9 Å². The van der Waals surface area contributed by atoms with Gasteiger partial charge in [-0.05, 0) is 12.8 Å². The number of rotatable bonds is 12. The quantitative estimate of drug-likeness (QED) is 0.483. The Balaban J connectivity index is 1.75. The second-order valence-corrected chi connectivity index (χ2v) is 5.52. The maximum absolute atomic E-state index is 11.2. The van der Waals surface area contributed by atoms with Crippen molar-refractivity contribution in [2.24, 2.45) is 4.99 Å². The van der Waals surface area contributed by atoms with Gasteiger partial charge in [-0.25, -0.2) is 0 Å². The first-order chi connectivity index (χ1) is 9.34. The lowest BCUT2D eigenvalue weighted by Gasteiger charge is -2.06. The summed E-state index contributed by atoms with van der Waals surface area (Å²) in [6, 6.07) is 0. The van der Waals surface area contributed by atoms with Gasteiger partial charge < -0.3 is 4.74 Å². The Morgan fingerprint density at radius 3 is 1.95 bits per heavy atom. The minimum atomic E-state index is -0.279. The smallest absolute Gasteiger partial charge is 0.289 e. The van der Waals surface area contributed by atoms with Gasteiger partial charge >= 0.3 is 0 Å². The highest BCUT2D eigenvalue weighted by Gasteiger charge is 2.21. The molecule has 1 rings (SSSR count). The maximum Gasteiger partial charge on any atom is 0.289 e. The summed E-state index contributed by atoms with van der Waals surface area (Å²) < 4.78 is 5.12. The summed E-state index contributed by atoms with van der Waals surface area (Å²) in [5.41, 5.74) is 0. The highest BCUT2D eigenvalue weighted by atomic mass is 16.5. The third-order valence-electron chi connectivity index (χ3n) is 3.75. The Bertz CT molecular complexity index is 263. The molecule has 0 aromatic rings. The maximum atomic E-state index is 11.2. The van der Waals surface area contributed by atoms with Gasteiger partial charge in [0.15, 0.2) is 12.5 Å². The molecular formula is C16H29NO2. The van der Waals surface area contributed by atoms with E-state index in [1.807, 2.05) is 0 Å². The van der Waals surface area contributed by atoms with Crippen molar-refractivity contribution in [2.45, 2.75) is 90.1 Å². The number of hydrogen-bond acceptors (Lipinski definition) is 2. The Morgan fingerprint density at radius 1 is 0.947 bits per heavy atom. The van der Waals surface area contributed by atoms with Crippen molar-refractivity contribution in [3.63, 3.8) is 0 Å². The average Bonchev–Trinajstić information content (AvgIpc) is 2.82. The third kappa shape index (κ3) is 8.02. The Labute approximate surface area is 117 Å². The van der Waals surface area contributed by atoms with Crippen LogP contribution in [0.3, 0.4) is 0 Å². The molecule has 0 spiro atoms. The molecule has 1 aliphatic rings. The molecule has 1 atom stereocenters. The molecule has 0 bridgehead atoms. The van der Waals surface area contributed by atoms with Gasteiger partial charge in [-0.1, -0.05) is 71.1 Å². The van der Waals surface area contributed by atoms with E-state index in [-0.39, 0.29) is 12.0 Å². The number of aliphatic imine (C=N–C) groups is 1. The number of carbonyl (C=O) groups excluding carboxylic acids is 1. The van der Waals surface area contributed by atoms with Crippen molar-refractivity contribution in [1.82, 2.24) is 0 Å². The lowest BCUT2D eigenvalue weighted by molar-refractivity contribution is -0.122. The van der Waals surface area contributed by atoms with Crippen LogP contribution in [0.2, 0.25) is 0 Å². The second kappa shape index (κ2) is 11.0. The summed E-state index contributed by atoms with van der Waals surface area (Å²) in [6.07, 6.45) is 16.5. The molecule has 0 aliphatic carbocycles. The number of carbonyl (C=O) groups is 1. The summed E-state index contributed by atoms with van der Waals surface area (Å²) in [7, 11) is 0. The van der Waals surface area contributed by atoms with Gasteiger partial charge in [0.1, 0.15) is 0 Å². The standard InChI is InChI=1S/C16H29NO2/c1-2-3-4-5-6-7-8-9-10-11-12-13-15-16(18)17-14-19-15/h14-15H,2-13H2,1H3. The third-order valence-corrected chi connectivity index (χ3v) is 3.75. The van der Waals surface area contributed by atoms with Gasteiger partial charge in [0.25, 0.3) is 5.91 Å². The van der Waals surface area contributed by atoms with Gasteiger partial charge in [0, 0.05) is 0 Å². The fourth-order valence-corrected chi connectivity index (χ4v) is 2.48. The average molecular weight is 267 g/mol. The van der Waals surface area contributed by atoms with Crippen LogP contribution < -0.4 is 0 Å². The van der Waals surface area contributed by atoms with Crippen molar-refractivity contribution in [3.05, 3.63) is 0 Å². The van der Waals surface area contributed by atoms with Crippen LogP contribution in [-0.2, 0) is 9.53 Å². The fraction of sp³-hybridized carbons (Fsp3) is 0.875. The molecule has 1 amide bonds. The second-order valence-electron chi connectivity index (χ2n) is 5.52. The van der Waals surface area contributed by atoms with Crippen molar-refractivity contribution in [1.29, 1.82) is 0 Å². The molecule has 0 N–H and O–H groups in total. The highest BCUT2D eigenvalue weighted by Crippen LogP contribution is 2.14. The van der Waals surface area contributed by atoms with Crippen LogP contribution in [-0.4, -0.2) is 18.4 Å². The van der Waals surface area contributed by atoms with Crippen molar-refractivity contribution in [3.8, 4) is 0 Å². The number of ether oxygens (including phenoxy) is 1. The van der Waals surface area contributed by atoms with E-state index < -0.39 is 0 Å². The normalized spacial score (nSPS) is 17.9. The summed E-state index contributed by atoms with van der Waals surface area (Å²) in [5.74, 6) is -0.105. The van der Waals surface area contributed by atoms with Gasteiger partial charge in [0.05, 0.1) is 0 Å². The van der Waals surface area contributed by atoms with Gasteiger partial charge in [-0.15, -0.1) is 0 Å². The zero-order valence-electron chi connectivity index (χ0n) is 12.4. The molecule has 0 saturated heterocycles. The SMILES string of the molecule is CCCCCCCCCCCCCC1OC=NC1=O. The van der Waals surface area contributed by atoms with Gasteiger partial charge in [0.2, 0.25) is 0 Å². The predicted octanol–water partition coefficient (Wildman–Crippen LogP) is 4.64. The summed E-state index contributed by atoms with van der Waals surface area (Å²) >= 11 is 0. The van der Waals surface area contributed by atoms with Crippen molar-refractivity contribution < 1.29 is 9.53 Å². The Hall–Kier alpha value is -0.860. The van der Waals surface area contributed by atoms with Crippen molar-refractivity contribution >= 4 is 12.3 Å². The predicted molar refractivity (Wildman–Crippen MR) is 79.5 cm³/mol. The first-order valence-electron chi connectivity index (χ1n) is 8.06. The van der Waals surface area contributed by atoms with E-state index in [4.69, 9.17) is 4.74 Å². The van der Waals surface area contributed by atoms with E-state index in [1.165, 1.54) is 70.6 Å².